The number of fused-ring (bicyclic) bond motifs is 1. The van der Waals surface area contributed by atoms with E-state index in [0.29, 0.717) is 0 Å². The van der Waals surface area contributed by atoms with Crippen LogP contribution in [0.3, 0.4) is 0 Å². The first-order valence-corrected chi connectivity index (χ1v) is 7.05. The van der Waals surface area contributed by atoms with Crippen molar-refractivity contribution in [3.05, 3.63) is 23.8 Å². The lowest BCUT2D eigenvalue weighted by molar-refractivity contribution is 0.742. The minimum atomic E-state index is 0.785. The molecule has 0 aromatic heterocycles. The molecule has 0 saturated carbocycles. The molecule has 1 aromatic rings. The van der Waals surface area contributed by atoms with Gasteiger partial charge in [0.1, 0.15) is 0 Å². The molecule has 1 aliphatic rings. The number of hydrogen-bond donors (Lipinski definition) is 1. The van der Waals surface area contributed by atoms with Crippen molar-refractivity contribution in [1.29, 1.82) is 0 Å². The van der Waals surface area contributed by atoms with E-state index in [9.17, 15) is 0 Å². The lowest BCUT2D eigenvalue weighted by Gasteiger charge is -2.32. The first-order chi connectivity index (χ1) is 7.86. The highest BCUT2D eigenvalue weighted by atomic mass is 32.2. The zero-order chi connectivity index (χ0) is 11.4. The van der Waals surface area contributed by atoms with Gasteiger partial charge in [-0.15, -0.1) is 11.8 Å². The minimum absolute atomic E-state index is 0.785. The van der Waals surface area contributed by atoms with Crippen LogP contribution < -0.4 is 10.6 Å². The number of nitrogens with two attached hydrogens (primary N) is 1. The predicted octanol–water partition coefficient (Wildman–Crippen LogP) is 2.51. The van der Waals surface area contributed by atoms with Gasteiger partial charge in [0, 0.05) is 23.7 Å². The van der Waals surface area contributed by atoms with Gasteiger partial charge >= 0.3 is 0 Å². The average molecular weight is 236 g/mol. The van der Waals surface area contributed by atoms with E-state index in [0.717, 1.165) is 32.5 Å². The van der Waals surface area contributed by atoms with Gasteiger partial charge in [0.05, 0.1) is 5.69 Å². The Kier molecular flexibility index (Phi) is 4.13. The molecule has 2 N–H and O–H groups in total. The number of rotatable bonds is 4. The standard InChI is InChI=1S/C13H20N2S/c1-2-11-5-3-6-12-13(11)15(8-4-7-14)9-10-16-12/h3,5-6H,2,4,7-10,14H2,1H3. The molecule has 1 heterocycles. The fourth-order valence-corrected chi connectivity index (χ4v) is 3.32. The Bertz CT molecular complexity index is 338. The number of nitrogens with zero attached hydrogens (tertiary/aromatic N) is 1. The molecule has 2 nitrogen and oxygen atoms in total. The van der Waals surface area contributed by atoms with Crippen LogP contribution in [-0.4, -0.2) is 25.4 Å². The van der Waals surface area contributed by atoms with Gasteiger partial charge in [-0.1, -0.05) is 19.1 Å². The van der Waals surface area contributed by atoms with Crippen LogP contribution in [0.5, 0.6) is 0 Å². The van der Waals surface area contributed by atoms with Crippen LogP contribution >= 0.6 is 11.8 Å². The van der Waals surface area contributed by atoms with Crippen LogP contribution in [0.4, 0.5) is 5.69 Å². The van der Waals surface area contributed by atoms with Crippen LogP contribution in [0.1, 0.15) is 18.9 Å². The van der Waals surface area contributed by atoms with E-state index in [1.807, 2.05) is 11.8 Å². The highest BCUT2D eigenvalue weighted by Gasteiger charge is 2.19. The number of benzene rings is 1. The van der Waals surface area contributed by atoms with Gasteiger partial charge in [0.15, 0.2) is 0 Å². The van der Waals surface area contributed by atoms with E-state index in [1.165, 1.54) is 21.9 Å². The van der Waals surface area contributed by atoms with Crippen LogP contribution in [0.15, 0.2) is 23.1 Å². The largest absolute Gasteiger partial charge is 0.370 e. The molecule has 88 valence electrons. The molecule has 0 fully saturated rings. The highest BCUT2D eigenvalue weighted by Crippen LogP contribution is 2.37. The van der Waals surface area contributed by atoms with Crippen molar-refractivity contribution in [2.75, 3.05) is 30.3 Å². The Morgan fingerprint density at radius 2 is 2.31 bits per heavy atom. The Hall–Kier alpha value is -0.670. The molecule has 0 bridgehead atoms. The summed E-state index contributed by atoms with van der Waals surface area (Å²) in [6, 6.07) is 6.67. The smallest absolute Gasteiger partial charge is 0.0537 e. The number of anilines is 1. The SMILES string of the molecule is CCc1cccc2c1N(CCCN)CCS2. The predicted molar refractivity (Wildman–Crippen MR) is 72.4 cm³/mol. The first-order valence-electron chi connectivity index (χ1n) is 6.06. The van der Waals surface area contributed by atoms with Crippen molar-refractivity contribution in [3.63, 3.8) is 0 Å². The summed E-state index contributed by atoms with van der Waals surface area (Å²) in [6.45, 7) is 5.28. The van der Waals surface area contributed by atoms with Gasteiger partial charge in [0.25, 0.3) is 0 Å². The van der Waals surface area contributed by atoms with Gasteiger partial charge in [0.2, 0.25) is 0 Å². The number of para-hydroxylation sites is 1. The molecule has 1 aromatic carbocycles. The second kappa shape index (κ2) is 5.60. The fraction of sp³-hybridized carbons (Fsp3) is 0.538. The first kappa shape index (κ1) is 11.8. The zero-order valence-electron chi connectivity index (χ0n) is 9.91. The Morgan fingerprint density at radius 3 is 3.06 bits per heavy atom. The maximum Gasteiger partial charge on any atom is 0.0537 e. The molecule has 3 heteroatoms. The molecule has 0 atom stereocenters. The van der Waals surface area contributed by atoms with Gasteiger partial charge in [-0.2, -0.15) is 0 Å². The van der Waals surface area contributed by atoms with Crippen molar-refractivity contribution >= 4 is 17.4 Å². The summed E-state index contributed by atoms with van der Waals surface area (Å²) in [4.78, 5) is 3.96. The summed E-state index contributed by atoms with van der Waals surface area (Å²) < 4.78 is 0. The highest BCUT2D eigenvalue weighted by molar-refractivity contribution is 7.99. The molecule has 0 radical (unpaired) electrons. The summed E-state index contributed by atoms with van der Waals surface area (Å²) in [5.74, 6) is 1.20. The van der Waals surface area contributed by atoms with Gasteiger partial charge < -0.3 is 10.6 Å². The summed E-state index contributed by atoms with van der Waals surface area (Å²) in [5.41, 5.74) is 8.55. The Balaban J connectivity index is 2.27. The molecule has 2 rings (SSSR count). The Labute approximate surface area is 102 Å². The summed E-state index contributed by atoms with van der Waals surface area (Å²) in [7, 11) is 0. The second-order valence-corrected chi connectivity index (χ2v) is 5.23. The summed E-state index contributed by atoms with van der Waals surface area (Å²) in [6.07, 6.45) is 2.20. The maximum atomic E-state index is 5.60. The van der Waals surface area contributed by atoms with Crippen LogP contribution in [-0.2, 0) is 6.42 Å². The molecule has 0 spiro atoms. The van der Waals surface area contributed by atoms with E-state index >= 15 is 0 Å². The van der Waals surface area contributed by atoms with Gasteiger partial charge in [-0.3, -0.25) is 0 Å². The minimum Gasteiger partial charge on any atom is -0.370 e. The summed E-state index contributed by atoms with van der Waals surface area (Å²) >= 11 is 1.98. The third-order valence-electron chi connectivity index (χ3n) is 3.03. The fourth-order valence-electron chi connectivity index (χ4n) is 2.21. The monoisotopic (exact) mass is 236 g/mol. The van der Waals surface area contributed by atoms with E-state index in [-0.39, 0.29) is 0 Å². The van der Waals surface area contributed by atoms with Crippen molar-refractivity contribution in [3.8, 4) is 0 Å². The van der Waals surface area contributed by atoms with Crippen molar-refractivity contribution in [1.82, 2.24) is 0 Å². The third-order valence-corrected chi connectivity index (χ3v) is 4.06. The molecular formula is C13H20N2S. The number of aryl methyl sites for hydroxylation is 1. The molecule has 1 aliphatic heterocycles. The molecule has 0 aliphatic carbocycles. The van der Waals surface area contributed by atoms with Crippen molar-refractivity contribution in [2.24, 2.45) is 5.73 Å². The summed E-state index contributed by atoms with van der Waals surface area (Å²) in [5, 5.41) is 0. The van der Waals surface area contributed by atoms with Gasteiger partial charge in [-0.05, 0) is 31.0 Å². The molecule has 0 amide bonds. The normalized spacial score (nSPS) is 15.0. The quantitative estimate of drug-likeness (QED) is 0.871. The van der Waals surface area contributed by atoms with E-state index in [1.54, 1.807) is 0 Å². The van der Waals surface area contributed by atoms with Crippen LogP contribution in [0.2, 0.25) is 0 Å². The van der Waals surface area contributed by atoms with E-state index in [2.05, 4.69) is 30.0 Å². The molecule has 16 heavy (non-hydrogen) atoms. The van der Waals surface area contributed by atoms with Gasteiger partial charge in [-0.25, -0.2) is 0 Å². The lowest BCUT2D eigenvalue weighted by atomic mass is 10.1. The van der Waals surface area contributed by atoms with Crippen molar-refractivity contribution < 1.29 is 0 Å². The second-order valence-electron chi connectivity index (χ2n) is 4.10. The van der Waals surface area contributed by atoms with Crippen LogP contribution in [0, 0.1) is 0 Å². The average Bonchev–Trinajstić information content (AvgIpc) is 2.35. The zero-order valence-corrected chi connectivity index (χ0v) is 10.7. The van der Waals surface area contributed by atoms with E-state index in [4.69, 9.17) is 5.73 Å². The number of thioether (sulfide) groups is 1. The Morgan fingerprint density at radius 1 is 1.44 bits per heavy atom. The van der Waals surface area contributed by atoms with E-state index < -0.39 is 0 Å². The molecule has 0 saturated heterocycles. The topological polar surface area (TPSA) is 29.3 Å². The maximum absolute atomic E-state index is 5.60. The molecular weight excluding hydrogens is 216 g/mol. The molecule has 0 unspecified atom stereocenters. The lowest BCUT2D eigenvalue weighted by Crippen LogP contribution is -2.32. The number of hydrogen-bond acceptors (Lipinski definition) is 3. The van der Waals surface area contributed by atoms with Crippen LogP contribution in [0.25, 0.3) is 0 Å². The third kappa shape index (κ3) is 2.36. The van der Waals surface area contributed by atoms with Crippen molar-refractivity contribution in [2.45, 2.75) is 24.7 Å².